The third kappa shape index (κ3) is 3.10. The Labute approximate surface area is 131 Å². The average molecular weight is 337 g/mol. The van der Waals surface area contributed by atoms with E-state index in [1.54, 1.807) is 0 Å². The minimum Gasteiger partial charge on any atom is -0.312 e. The Hall–Kier alpha value is -0.380. The minimum atomic E-state index is 0.853. The first kappa shape index (κ1) is 14.6. The summed E-state index contributed by atoms with van der Waals surface area (Å²) < 4.78 is 1.23. The normalized spacial score (nSPS) is 29.9. The highest BCUT2D eigenvalue weighted by Crippen LogP contribution is 2.37. The van der Waals surface area contributed by atoms with E-state index in [0.29, 0.717) is 0 Å². The maximum Gasteiger partial charge on any atom is 0.0222 e. The number of nitrogens with one attached hydrogen (secondary N) is 1. The summed E-state index contributed by atoms with van der Waals surface area (Å²) in [6.45, 7) is 4.28. The Morgan fingerprint density at radius 1 is 1.25 bits per heavy atom. The van der Waals surface area contributed by atoms with Gasteiger partial charge in [-0.2, -0.15) is 0 Å². The Balaban J connectivity index is 1.49. The number of rotatable bonds is 4. The highest BCUT2D eigenvalue weighted by Gasteiger charge is 2.37. The Bertz CT molecular complexity index is 460. The van der Waals surface area contributed by atoms with Crippen molar-refractivity contribution < 1.29 is 0 Å². The molecule has 1 N–H and O–H groups in total. The van der Waals surface area contributed by atoms with Gasteiger partial charge in [0.25, 0.3) is 0 Å². The first-order valence-corrected chi connectivity index (χ1v) is 8.60. The van der Waals surface area contributed by atoms with Crippen molar-refractivity contribution >= 4 is 15.9 Å². The van der Waals surface area contributed by atoms with Crippen LogP contribution >= 0.6 is 15.9 Å². The summed E-state index contributed by atoms with van der Waals surface area (Å²) in [6.07, 6.45) is 5.60. The largest absolute Gasteiger partial charge is 0.312 e. The summed E-state index contributed by atoms with van der Waals surface area (Å²) in [6, 6.07) is 8.33. The van der Waals surface area contributed by atoms with Gasteiger partial charge in [-0.1, -0.05) is 28.1 Å². The van der Waals surface area contributed by atoms with Crippen LogP contribution in [0.25, 0.3) is 0 Å². The number of nitrogens with zero attached hydrogens (tertiary/aromatic N) is 1. The van der Waals surface area contributed by atoms with Crippen LogP contribution in [0.1, 0.15) is 36.8 Å². The monoisotopic (exact) mass is 336 g/mol. The van der Waals surface area contributed by atoms with E-state index in [0.717, 1.165) is 24.5 Å². The second-order valence-corrected chi connectivity index (χ2v) is 7.47. The van der Waals surface area contributed by atoms with Crippen LogP contribution in [-0.4, -0.2) is 30.6 Å². The van der Waals surface area contributed by atoms with Crippen molar-refractivity contribution in [3.63, 3.8) is 0 Å². The second kappa shape index (κ2) is 6.17. The van der Waals surface area contributed by atoms with Gasteiger partial charge in [-0.25, -0.2) is 0 Å². The highest BCUT2D eigenvalue weighted by molar-refractivity contribution is 9.10. The molecule has 2 saturated heterocycles. The van der Waals surface area contributed by atoms with Crippen molar-refractivity contribution in [2.75, 3.05) is 13.6 Å². The van der Waals surface area contributed by atoms with Gasteiger partial charge in [0.2, 0.25) is 0 Å². The molecule has 2 heterocycles. The Morgan fingerprint density at radius 3 is 2.60 bits per heavy atom. The lowest BCUT2D eigenvalue weighted by Gasteiger charge is -2.36. The molecule has 3 rings (SSSR count). The molecule has 20 heavy (non-hydrogen) atoms. The topological polar surface area (TPSA) is 15.3 Å². The number of fused-ring (bicyclic) bond motifs is 2. The Morgan fingerprint density at radius 2 is 1.95 bits per heavy atom. The van der Waals surface area contributed by atoms with Crippen molar-refractivity contribution in [3.05, 3.63) is 33.8 Å². The number of halogens is 1. The molecule has 2 fully saturated rings. The van der Waals surface area contributed by atoms with Gasteiger partial charge >= 0.3 is 0 Å². The number of piperidine rings is 1. The molecule has 2 aliphatic heterocycles. The van der Waals surface area contributed by atoms with Gasteiger partial charge in [-0.05, 0) is 69.3 Å². The maximum atomic E-state index is 3.67. The first-order chi connectivity index (χ1) is 9.63. The summed E-state index contributed by atoms with van der Waals surface area (Å²) in [5, 5.41) is 3.67. The quantitative estimate of drug-likeness (QED) is 0.901. The lowest BCUT2D eigenvalue weighted by molar-refractivity contribution is 0.133. The molecule has 2 atom stereocenters. The van der Waals surface area contributed by atoms with E-state index in [1.807, 2.05) is 0 Å². The number of hydrogen-bond donors (Lipinski definition) is 1. The number of hydrogen-bond acceptors (Lipinski definition) is 2. The fourth-order valence-corrected chi connectivity index (χ4v) is 4.53. The molecular formula is C17H25BrN2. The smallest absolute Gasteiger partial charge is 0.0222 e. The summed E-state index contributed by atoms with van der Waals surface area (Å²) in [5.41, 5.74) is 2.68. The van der Waals surface area contributed by atoms with Crippen molar-refractivity contribution in [1.29, 1.82) is 0 Å². The molecule has 1 aromatic rings. The summed E-state index contributed by atoms with van der Waals surface area (Å²) in [7, 11) is 2.31. The SMILES string of the molecule is Cc1ccc(CNCC2CC3CCC(C2)N3C)c(Br)c1. The average Bonchev–Trinajstić information content (AvgIpc) is 2.64. The number of benzene rings is 1. The van der Waals surface area contributed by atoms with Gasteiger partial charge in [0.05, 0.1) is 0 Å². The number of aryl methyl sites for hydroxylation is 1. The minimum absolute atomic E-state index is 0.853. The fraction of sp³-hybridized carbons (Fsp3) is 0.647. The molecule has 2 bridgehead atoms. The standard InChI is InChI=1S/C17H25BrN2/c1-12-3-4-14(17(18)7-12)11-19-10-13-8-15-5-6-16(9-13)20(15)2/h3-4,7,13,15-16,19H,5-6,8-11H2,1-2H3. The molecule has 0 amide bonds. The zero-order chi connectivity index (χ0) is 14.1. The maximum absolute atomic E-state index is 3.67. The summed E-state index contributed by atoms with van der Waals surface area (Å²) in [4.78, 5) is 2.62. The van der Waals surface area contributed by atoms with E-state index < -0.39 is 0 Å². The van der Waals surface area contributed by atoms with Crippen LogP contribution < -0.4 is 5.32 Å². The van der Waals surface area contributed by atoms with Crippen LogP contribution in [0.15, 0.2) is 22.7 Å². The molecule has 1 aromatic carbocycles. The first-order valence-electron chi connectivity index (χ1n) is 7.81. The van der Waals surface area contributed by atoms with Crippen molar-refractivity contribution in [2.24, 2.45) is 5.92 Å². The highest BCUT2D eigenvalue weighted by atomic mass is 79.9. The van der Waals surface area contributed by atoms with Crippen LogP contribution in [-0.2, 0) is 6.54 Å². The molecule has 2 aliphatic rings. The predicted molar refractivity (Wildman–Crippen MR) is 87.9 cm³/mol. The lowest BCUT2D eigenvalue weighted by Crippen LogP contribution is -2.42. The zero-order valence-corrected chi connectivity index (χ0v) is 14.1. The van der Waals surface area contributed by atoms with E-state index in [2.05, 4.69) is 58.3 Å². The van der Waals surface area contributed by atoms with Gasteiger partial charge in [-0.3, -0.25) is 0 Å². The van der Waals surface area contributed by atoms with Gasteiger partial charge in [-0.15, -0.1) is 0 Å². The lowest BCUT2D eigenvalue weighted by atomic mass is 9.91. The van der Waals surface area contributed by atoms with Crippen LogP contribution in [0.3, 0.4) is 0 Å². The molecule has 0 aromatic heterocycles. The van der Waals surface area contributed by atoms with Gasteiger partial charge in [0.15, 0.2) is 0 Å². The van der Waals surface area contributed by atoms with Gasteiger partial charge in [0, 0.05) is 23.1 Å². The Kier molecular flexibility index (Phi) is 4.49. The molecule has 2 nitrogen and oxygen atoms in total. The molecular weight excluding hydrogens is 312 g/mol. The van der Waals surface area contributed by atoms with Crippen molar-refractivity contribution in [3.8, 4) is 0 Å². The second-order valence-electron chi connectivity index (χ2n) is 6.61. The molecule has 3 heteroatoms. The van der Waals surface area contributed by atoms with E-state index in [4.69, 9.17) is 0 Å². The van der Waals surface area contributed by atoms with E-state index >= 15 is 0 Å². The van der Waals surface area contributed by atoms with Crippen molar-refractivity contribution in [1.82, 2.24) is 10.2 Å². The van der Waals surface area contributed by atoms with Gasteiger partial charge in [0.1, 0.15) is 0 Å². The molecule has 0 spiro atoms. The predicted octanol–water partition coefficient (Wildman–Crippen LogP) is 3.72. The van der Waals surface area contributed by atoms with E-state index in [1.165, 1.54) is 47.8 Å². The van der Waals surface area contributed by atoms with Gasteiger partial charge < -0.3 is 10.2 Å². The van der Waals surface area contributed by atoms with E-state index in [-0.39, 0.29) is 0 Å². The molecule has 0 radical (unpaired) electrons. The van der Waals surface area contributed by atoms with Crippen LogP contribution in [0.5, 0.6) is 0 Å². The van der Waals surface area contributed by atoms with E-state index in [9.17, 15) is 0 Å². The third-order valence-electron chi connectivity index (χ3n) is 5.15. The van der Waals surface area contributed by atoms with Crippen LogP contribution in [0.2, 0.25) is 0 Å². The third-order valence-corrected chi connectivity index (χ3v) is 5.89. The zero-order valence-electron chi connectivity index (χ0n) is 12.5. The summed E-state index contributed by atoms with van der Waals surface area (Å²) in [5.74, 6) is 0.868. The molecule has 0 aliphatic carbocycles. The fourth-order valence-electron chi connectivity index (χ4n) is 3.90. The molecule has 2 unspecified atom stereocenters. The summed E-state index contributed by atoms with van der Waals surface area (Å²) >= 11 is 3.66. The molecule has 0 saturated carbocycles. The molecule has 110 valence electrons. The van der Waals surface area contributed by atoms with Crippen LogP contribution in [0.4, 0.5) is 0 Å². The van der Waals surface area contributed by atoms with Crippen LogP contribution in [0, 0.1) is 12.8 Å². The van der Waals surface area contributed by atoms with Crippen molar-refractivity contribution in [2.45, 2.75) is 51.2 Å².